The quantitative estimate of drug-likeness (QED) is 0.879. The number of hydrogen-bond donors (Lipinski definition) is 2. The van der Waals surface area contributed by atoms with Gasteiger partial charge in [0.25, 0.3) is 0 Å². The summed E-state index contributed by atoms with van der Waals surface area (Å²) in [4.78, 5) is 0.126. The van der Waals surface area contributed by atoms with E-state index in [1.807, 2.05) is 6.07 Å². The molecule has 0 saturated heterocycles. The van der Waals surface area contributed by atoms with Gasteiger partial charge in [0.2, 0.25) is 10.0 Å². The van der Waals surface area contributed by atoms with Crippen molar-refractivity contribution in [2.45, 2.75) is 30.9 Å². The average molecular weight is 340 g/mol. The number of hydrogen-bond acceptors (Lipinski definition) is 3. The molecule has 0 fully saturated rings. The SMILES string of the molecule is Cc1cc(S(=O)(=O)NC(C)C(O)c2ccccc2)ccc1Cl. The zero-order valence-electron chi connectivity index (χ0n) is 12.3. The van der Waals surface area contributed by atoms with Gasteiger partial charge in [0.15, 0.2) is 0 Å². The molecule has 118 valence electrons. The van der Waals surface area contributed by atoms with Crippen LogP contribution in [0.3, 0.4) is 0 Å². The maximum atomic E-state index is 12.4. The normalized spacial score (nSPS) is 14.5. The van der Waals surface area contributed by atoms with E-state index in [4.69, 9.17) is 11.6 Å². The van der Waals surface area contributed by atoms with Crippen LogP contribution in [0.15, 0.2) is 53.4 Å². The zero-order valence-corrected chi connectivity index (χ0v) is 13.9. The first-order valence-corrected chi connectivity index (χ1v) is 8.69. The summed E-state index contributed by atoms with van der Waals surface area (Å²) >= 11 is 5.91. The zero-order chi connectivity index (χ0) is 16.3. The van der Waals surface area contributed by atoms with Crippen molar-refractivity contribution < 1.29 is 13.5 Å². The van der Waals surface area contributed by atoms with Gasteiger partial charge in [0.1, 0.15) is 0 Å². The number of benzene rings is 2. The van der Waals surface area contributed by atoms with Crippen LogP contribution in [-0.4, -0.2) is 19.6 Å². The van der Waals surface area contributed by atoms with E-state index < -0.39 is 22.2 Å². The molecule has 0 amide bonds. The lowest BCUT2D eigenvalue weighted by molar-refractivity contribution is 0.146. The Hall–Kier alpha value is -1.40. The summed E-state index contributed by atoms with van der Waals surface area (Å²) in [5, 5.41) is 10.8. The minimum absolute atomic E-state index is 0.126. The molecule has 2 atom stereocenters. The van der Waals surface area contributed by atoms with Crippen LogP contribution in [0, 0.1) is 6.92 Å². The Bertz CT molecular complexity index is 747. The van der Waals surface area contributed by atoms with E-state index in [9.17, 15) is 13.5 Å². The molecule has 6 heteroatoms. The second-order valence-electron chi connectivity index (χ2n) is 5.18. The molecule has 0 bridgehead atoms. The second-order valence-corrected chi connectivity index (χ2v) is 7.30. The summed E-state index contributed by atoms with van der Waals surface area (Å²) in [6.45, 7) is 3.36. The lowest BCUT2D eigenvalue weighted by atomic mass is 10.0. The maximum absolute atomic E-state index is 12.4. The highest BCUT2D eigenvalue weighted by atomic mass is 35.5. The van der Waals surface area contributed by atoms with Gasteiger partial charge in [0.05, 0.1) is 11.0 Å². The van der Waals surface area contributed by atoms with Crippen LogP contribution in [0.5, 0.6) is 0 Å². The molecular weight excluding hydrogens is 322 g/mol. The van der Waals surface area contributed by atoms with Gasteiger partial charge >= 0.3 is 0 Å². The molecule has 0 aromatic heterocycles. The second kappa shape index (κ2) is 6.79. The average Bonchev–Trinajstić information content (AvgIpc) is 2.49. The highest BCUT2D eigenvalue weighted by molar-refractivity contribution is 7.89. The fraction of sp³-hybridized carbons (Fsp3) is 0.250. The van der Waals surface area contributed by atoms with Crippen molar-refractivity contribution in [3.8, 4) is 0 Å². The molecule has 4 nitrogen and oxygen atoms in total. The molecule has 0 spiro atoms. The monoisotopic (exact) mass is 339 g/mol. The Kier molecular flexibility index (Phi) is 5.24. The Morgan fingerprint density at radius 3 is 2.36 bits per heavy atom. The Morgan fingerprint density at radius 2 is 1.77 bits per heavy atom. The Morgan fingerprint density at radius 1 is 1.14 bits per heavy atom. The predicted octanol–water partition coefficient (Wildman–Crippen LogP) is 3.05. The lowest BCUT2D eigenvalue weighted by Crippen LogP contribution is -2.37. The van der Waals surface area contributed by atoms with Gasteiger partial charge in [-0.05, 0) is 43.2 Å². The topological polar surface area (TPSA) is 66.4 Å². The summed E-state index contributed by atoms with van der Waals surface area (Å²) in [5.41, 5.74) is 1.34. The minimum atomic E-state index is -3.72. The van der Waals surface area contributed by atoms with E-state index in [1.54, 1.807) is 44.2 Å². The number of nitrogens with one attached hydrogen (secondary N) is 1. The van der Waals surface area contributed by atoms with Gasteiger partial charge in [-0.2, -0.15) is 0 Å². The third-order valence-electron chi connectivity index (χ3n) is 3.40. The van der Waals surface area contributed by atoms with Gasteiger partial charge in [-0.1, -0.05) is 41.9 Å². The van der Waals surface area contributed by atoms with Gasteiger partial charge in [-0.15, -0.1) is 0 Å². The van der Waals surface area contributed by atoms with Crippen molar-refractivity contribution in [3.05, 3.63) is 64.7 Å². The first-order valence-electron chi connectivity index (χ1n) is 6.83. The molecule has 2 rings (SSSR count). The summed E-state index contributed by atoms with van der Waals surface area (Å²) in [5.74, 6) is 0. The molecular formula is C16H18ClNO3S. The van der Waals surface area contributed by atoms with Gasteiger partial charge in [-0.3, -0.25) is 0 Å². The predicted molar refractivity (Wildman–Crippen MR) is 87.4 cm³/mol. The van der Waals surface area contributed by atoms with Crippen molar-refractivity contribution in [2.24, 2.45) is 0 Å². The van der Waals surface area contributed by atoms with E-state index in [0.29, 0.717) is 16.1 Å². The molecule has 2 aromatic carbocycles. The van der Waals surface area contributed by atoms with Crippen LogP contribution >= 0.6 is 11.6 Å². The van der Waals surface area contributed by atoms with Crippen molar-refractivity contribution in [3.63, 3.8) is 0 Å². The van der Waals surface area contributed by atoms with E-state index in [-0.39, 0.29) is 4.90 Å². The number of aliphatic hydroxyl groups is 1. The van der Waals surface area contributed by atoms with Crippen LogP contribution < -0.4 is 4.72 Å². The van der Waals surface area contributed by atoms with Crippen LogP contribution in [0.4, 0.5) is 0 Å². The summed E-state index contributed by atoms with van der Waals surface area (Å²) in [7, 11) is -3.72. The Balaban J connectivity index is 2.19. The van der Waals surface area contributed by atoms with Crippen LogP contribution in [0.2, 0.25) is 5.02 Å². The molecule has 2 aromatic rings. The molecule has 0 saturated carbocycles. The van der Waals surface area contributed by atoms with Crippen molar-refractivity contribution in [1.29, 1.82) is 0 Å². The van der Waals surface area contributed by atoms with Gasteiger partial charge in [0, 0.05) is 11.1 Å². The number of aryl methyl sites for hydroxylation is 1. The molecule has 0 radical (unpaired) electrons. The molecule has 0 aliphatic carbocycles. The number of aliphatic hydroxyl groups excluding tert-OH is 1. The van der Waals surface area contributed by atoms with E-state index in [1.165, 1.54) is 12.1 Å². The minimum Gasteiger partial charge on any atom is -0.387 e. The van der Waals surface area contributed by atoms with E-state index in [2.05, 4.69) is 4.72 Å². The van der Waals surface area contributed by atoms with Gasteiger partial charge in [-0.25, -0.2) is 13.1 Å². The number of rotatable bonds is 5. The van der Waals surface area contributed by atoms with Crippen molar-refractivity contribution in [2.75, 3.05) is 0 Å². The molecule has 0 heterocycles. The largest absolute Gasteiger partial charge is 0.387 e. The molecule has 22 heavy (non-hydrogen) atoms. The lowest BCUT2D eigenvalue weighted by Gasteiger charge is -2.20. The molecule has 2 N–H and O–H groups in total. The highest BCUT2D eigenvalue weighted by Crippen LogP contribution is 2.21. The smallest absolute Gasteiger partial charge is 0.240 e. The van der Waals surface area contributed by atoms with Crippen molar-refractivity contribution in [1.82, 2.24) is 4.72 Å². The maximum Gasteiger partial charge on any atom is 0.240 e. The van der Waals surface area contributed by atoms with E-state index >= 15 is 0 Å². The first kappa shape index (κ1) is 17.0. The van der Waals surface area contributed by atoms with Gasteiger partial charge < -0.3 is 5.11 Å². The first-order chi connectivity index (χ1) is 10.3. The van der Waals surface area contributed by atoms with Crippen LogP contribution in [-0.2, 0) is 10.0 Å². The van der Waals surface area contributed by atoms with Crippen LogP contribution in [0.25, 0.3) is 0 Å². The summed E-state index contributed by atoms with van der Waals surface area (Å²) in [6, 6.07) is 12.8. The van der Waals surface area contributed by atoms with E-state index in [0.717, 1.165) is 0 Å². The molecule has 0 aliphatic rings. The third-order valence-corrected chi connectivity index (χ3v) is 5.38. The highest BCUT2D eigenvalue weighted by Gasteiger charge is 2.23. The summed E-state index contributed by atoms with van der Waals surface area (Å²) in [6.07, 6.45) is -0.927. The molecule has 0 aliphatic heterocycles. The van der Waals surface area contributed by atoms with Crippen LogP contribution in [0.1, 0.15) is 24.2 Å². The number of sulfonamides is 1. The fourth-order valence-electron chi connectivity index (χ4n) is 2.10. The molecule has 2 unspecified atom stereocenters. The number of halogens is 1. The Labute approximate surface area is 135 Å². The standard InChI is InChI=1S/C16H18ClNO3S/c1-11-10-14(8-9-15(11)17)22(20,21)18-12(2)16(19)13-6-4-3-5-7-13/h3-10,12,16,18-19H,1-2H3. The third kappa shape index (κ3) is 3.87. The fourth-order valence-corrected chi connectivity index (χ4v) is 3.55. The van der Waals surface area contributed by atoms with Crippen molar-refractivity contribution >= 4 is 21.6 Å². The summed E-state index contributed by atoms with van der Waals surface area (Å²) < 4.78 is 27.2.